The summed E-state index contributed by atoms with van der Waals surface area (Å²) in [5.74, 6) is -0.310. The number of benzene rings is 1. The Morgan fingerprint density at radius 2 is 2.12 bits per heavy atom. The summed E-state index contributed by atoms with van der Waals surface area (Å²) in [6, 6.07) is 5.76. The van der Waals surface area contributed by atoms with Crippen molar-refractivity contribution in [1.29, 1.82) is 0 Å². The molecule has 1 rings (SSSR count). The van der Waals surface area contributed by atoms with E-state index in [-0.39, 0.29) is 29.0 Å². The molecule has 0 saturated carbocycles. The zero-order chi connectivity index (χ0) is 13.0. The monoisotopic (exact) mass is 235 g/mol. The van der Waals surface area contributed by atoms with Gasteiger partial charge in [-0.15, -0.1) is 0 Å². The van der Waals surface area contributed by atoms with Gasteiger partial charge in [0, 0.05) is 18.1 Å². The molecule has 1 atom stereocenters. The summed E-state index contributed by atoms with van der Waals surface area (Å²) in [5.41, 5.74) is -0.156. The smallest absolute Gasteiger partial charge is 0.275 e. The summed E-state index contributed by atoms with van der Waals surface area (Å²) in [6.45, 7) is 5.12. The molecule has 0 fully saturated rings. The van der Waals surface area contributed by atoms with Gasteiger partial charge in [0.1, 0.15) is 6.10 Å². The van der Waals surface area contributed by atoms with E-state index in [4.69, 9.17) is 0 Å². The lowest BCUT2D eigenvalue weighted by Gasteiger charge is -2.12. The molecular formula is C12H13NO4. The van der Waals surface area contributed by atoms with Gasteiger partial charge >= 0.3 is 0 Å². The second-order valence-electron chi connectivity index (χ2n) is 3.52. The van der Waals surface area contributed by atoms with Crippen molar-refractivity contribution in [3.05, 3.63) is 52.1 Å². The van der Waals surface area contributed by atoms with Crippen molar-refractivity contribution in [3.8, 4) is 0 Å². The number of hydrogen-bond acceptors (Lipinski definition) is 4. The van der Waals surface area contributed by atoms with Crippen LogP contribution in [0, 0.1) is 10.1 Å². The Labute approximate surface area is 98.5 Å². The van der Waals surface area contributed by atoms with Crippen LogP contribution in [0.2, 0.25) is 0 Å². The van der Waals surface area contributed by atoms with Crippen molar-refractivity contribution >= 4 is 11.5 Å². The number of aliphatic hydroxyl groups is 1. The summed E-state index contributed by atoms with van der Waals surface area (Å²) < 4.78 is 0. The first-order valence-electron chi connectivity index (χ1n) is 5.12. The fourth-order valence-electron chi connectivity index (χ4n) is 1.45. The minimum atomic E-state index is -1.33. The number of Topliss-reactive ketones (excluding diaryl/α,β-unsaturated/α-hetero) is 1. The van der Waals surface area contributed by atoms with Crippen LogP contribution in [0.4, 0.5) is 5.69 Å². The third kappa shape index (κ3) is 2.76. The molecule has 0 aliphatic carbocycles. The first-order valence-corrected chi connectivity index (χ1v) is 5.12. The molecule has 0 bridgehead atoms. The molecule has 0 aliphatic rings. The second kappa shape index (κ2) is 5.36. The van der Waals surface area contributed by atoms with Crippen molar-refractivity contribution in [2.24, 2.45) is 0 Å². The van der Waals surface area contributed by atoms with Crippen LogP contribution >= 0.6 is 0 Å². The van der Waals surface area contributed by atoms with E-state index in [1.165, 1.54) is 18.2 Å². The van der Waals surface area contributed by atoms with E-state index in [2.05, 4.69) is 6.58 Å². The Morgan fingerprint density at radius 3 is 2.65 bits per heavy atom. The van der Waals surface area contributed by atoms with Gasteiger partial charge in [0.05, 0.1) is 10.5 Å². The van der Waals surface area contributed by atoms with Crippen LogP contribution in [0.25, 0.3) is 0 Å². The number of carbonyl (C=O) groups excluding carboxylic acids is 1. The number of ketones is 1. The number of nitro groups is 1. The van der Waals surface area contributed by atoms with E-state index in [1.807, 2.05) is 0 Å². The van der Waals surface area contributed by atoms with Crippen LogP contribution < -0.4 is 0 Å². The number of aliphatic hydroxyl groups excluding tert-OH is 1. The first kappa shape index (κ1) is 13.1. The summed E-state index contributed by atoms with van der Waals surface area (Å²) in [7, 11) is 0. The predicted octanol–water partition coefficient (Wildman–Crippen LogP) is 2.16. The number of nitrogens with zero attached hydrogens (tertiary/aromatic N) is 1. The average molecular weight is 235 g/mol. The third-order valence-corrected chi connectivity index (χ3v) is 2.44. The molecule has 1 unspecified atom stereocenters. The van der Waals surface area contributed by atoms with Gasteiger partial charge in [-0.3, -0.25) is 14.9 Å². The maximum Gasteiger partial charge on any atom is 0.275 e. The molecular weight excluding hydrogens is 222 g/mol. The Bertz CT molecular complexity index is 467. The molecule has 0 spiro atoms. The SMILES string of the molecule is C=C(C(=O)CC)C(O)c1ccccc1[N+](=O)[O-]. The molecule has 0 amide bonds. The van der Waals surface area contributed by atoms with Gasteiger partial charge in [0.15, 0.2) is 5.78 Å². The van der Waals surface area contributed by atoms with E-state index in [0.717, 1.165) is 0 Å². The molecule has 0 heterocycles. The van der Waals surface area contributed by atoms with Crippen molar-refractivity contribution in [2.45, 2.75) is 19.4 Å². The van der Waals surface area contributed by atoms with Crippen LogP contribution in [0.1, 0.15) is 25.0 Å². The van der Waals surface area contributed by atoms with Crippen LogP contribution in [0.5, 0.6) is 0 Å². The predicted molar refractivity (Wildman–Crippen MR) is 62.5 cm³/mol. The first-order chi connectivity index (χ1) is 7.99. The number of para-hydroxylation sites is 1. The zero-order valence-electron chi connectivity index (χ0n) is 9.42. The van der Waals surface area contributed by atoms with Gasteiger partial charge in [-0.2, -0.15) is 0 Å². The number of hydrogen-bond donors (Lipinski definition) is 1. The number of nitro benzene ring substituents is 1. The molecule has 5 heteroatoms. The van der Waals surface area contributed by atoms with Gasteiger partial charge in [-0.1, -0.05) is 25.6 Å². The van der Waals surface area contributed by atoms with Gasteiger partial charge in [-0.25, -0.2) is 0 Å². The third-order valence-electron chi connectivity index (χ3n) is 2.44. The molecule has 1 N–H and O–H groups in total. The zero-order valence-corrected chi connectivity index (χ0v) is 9.42. The van der Waals surface area contributed by atoms with E-state index < -0.39 is 11.0 Å². The van der Waals surface area contributed by atoms with Crippen LogP contribution in [-0.2, 0) is 4.79 Å². The van der Waals surface area contributed by atoms with Gasteiger partial charge in [-0.05, 0) is 6.07 Å². The van der Waals surface area contributed by atoms with Crippen LogP contribution in [-0.4, -0.2) is 15.8 Å². The molecule has 5 nitrogen and oxygen atoms in total. The van der Waals surface area contributed by atoms with Gasteiger partial charge in [0.25, 0.3) is 5.69 Å². The standard InChI is InChI=1S/C12H13NO4/c1-3-11(14)8(2)12(15)9-6-4-5-7-10(9)13(16)17/h4-7,12,15H,2-3H2,1H3. The van der Waals surface area contributed by atoms with E-state index in [0.29, 0.717) is 0 Å². The summed E-state index contributed by atoms with van der Waals surface area (Å²) >= 11 is 0. The summed E-state index contributed by atoms with van der Waals surface area (Å²) in [6.07, 6.45) is -1.12. The maximum absolute atomic E-state index is 11.4. The highest BCUT2D eigenvalue weighted by molar-refractivity contribution is 5.95. The summed E-state index contributed by atoms with van der Waals surface area (Å²) in [4.78, 5) is 21.6. The average Bonchev–Trinajstić information content (AvgIpc) is 2.35. The minimum absolute atomic E-state index is 0.0261. The lowest BCUT2D eigenvalue weighted by molar-refractivity contribution is -0.386. The van der Waals surface area contributed by atoms with Crippen LogP contribution in [0.15, 0.2) is 36.4 Å². The molecule has 90 valence electrons. The Morgan fingerprint density at radius 1 is 1.53 bits per heavy atom. The molecule has 0 aliphatic heterocycles. The quantitative estimate of drug-likeness (QED) is 0.481. The highest BCUT2D eigenvalue weighted by atomic mass is 16.6. The summed E-state index contributed by atoms with van der Waals surface area (Å²) in [5, 5.41) is 20.7. The number of rotatable bonds is 5. The van der Waals surface area contributed by atoms with E-state index in [1.54, 1.807) is 13.0 Å². The molecule has 1 aromatic rings. The normalized spacial score (nSPS) is 11.9. The van der Waals surface area contributed by atoms with Crippen molar-refractivity contribution in [3.63, 3.8) is 0 Å². The molecule has 0 aromatic heterocycles. The van der Waals surface area contributed by atoms with Crippen LogP contribution in [0.3, 0.4) is 0 Å². The fraction of sp³-hybridized carbons (Fsp3) is 0.250. The second-order valence-corrected chi connectivity index (χ2v) is 3.52. The molecule has 17 heavy (non-hydrogen) atoms. The minimum Gasteiger partial charge on any atom is -0.383 e. The van der Waals surface area contributed by atoms with Gasteiger partial charge < -0.3 is 5.11 Å². The van der Waals surface area contributed by atoms with Crippen molar-refractivity contribution < 1.29 is 14.8 Å². The van der Waals surface area contributed by atoms with E-state index in [9.17, 15) is 20.0 Å². The molecule has 1 aromatic carbocycles. The lowest BCUT2D eigenvalue weighted by Crippen LogP contribution is -2.11. The van der Waals surface area contributed by atoms with Crippen molar-refractivity contribution in [2.75, 3.05) is 0 Å². The highest BCUT2D eigenvalue weighted by Gasteiger charge is 2.24. The lowest BCUT2D eigenvalue weighted by atomic mass is 9.97. The molecule has 0 saturated heterocycles. The Hall–Kier alpha value is -2.01. The van der Waals surface area contributed by atoms with Crippen molar-refractivity contribution in [1.82, 2.24) is 0 Å². The number of carbonyl (C=O) groups is 1. The molecule has 0 radical (unpaired) electrons. The topological polar surface area (TPSA) is 80.4 Å². The fourth-order valence-corrected chi connectivity index (χ4v) is 1.45. The Kier molecular flexibility index (Phi) is 4.12. The van der Waals surface area contributed by atoms with Gasteiger partial charge in [0.2, 0.25) is 0 Å². The maximum atomic E-state index is 11.4. The highest BCUT2D eigenvalue weighted by Crippen LogP contribution is 2.29. The Balaban J connectivity index is 3.12. The van der Waals surface area contributed by atoms with E-state index >= 15 is 0 Å². The largest absolute Gasteiger partial charge is 0.383 e.